The lowest BCUT2D eigenvalue weighted by Gasteiger charge is -2.09. The second-order valence-corrected chi connectivity index (χ2v) is 5.01. The Morgan fingerprint density at radius 1 is 1.47 bits per heavy atom. The van der Waals surface area contributed by atoms with Crippen LogP contribution < -0.4 is 10.6 Å². The topological polar surface area (TPSA) is 46.2 Å². The number of nitrogens with one attached hydrogen (secondary N) is 2. The second-order valence-electron chi connectivity index (χ2n) is 3.66. The minimum Gasteiger partial charge on any atom is -0.385 e. The molecule has 0 amide bonds. The number of ether oxygens (including phenoxy) is 1. The highest BCUT2D eigenvalue weighted by atomic mass is 32.1. The SMILES string of the molecule is COCCCNC(=S)NCCc1nc(C)cs1. The Balaban J connectivity index is 2.04. The lowest BCUT2D eigenvalue weighted by molar-refractivity contribution is 0.195. The highest BCUT2D eigenvalue weighted by Gasteiger charge is 1.99. The number of nitrogens with zero attached hydrogens (tertiary/aromatic N) is 1. The fourth-order valence-electron chi connectivity index (χ4n) is 1.28. The molecule has 0 aliphatic heterocycles. The highest BCUT2D eigenvalue weighted by Crippen LogP contribution is 2.08. The minimum absolute atomic E-state index is 0.703. The van der Waals surface area contributed by atoms with Crippen LogP contribution in [0.1, 0.15) is 17.1 Å². The zero-order valence-electron chi connectivity index (χ0n) is 10.3. The molecule has 0 aliphatic carbocycles. The van der Waals surface area contributed by atoms with Crippen LogP contribution in [0.15, 0.2) is 5.38 Å². The summed E-state index contributed by atoms with van der Waals surface area (Å²) in [7, 11) is 1.70. The molecule has 96 valence electrons. The number of thiocarbonyl (C=S) groups is 1. The molecule has 0 aliphatic rings. The fraction of sp³-hybridized carbons (Fsp3) is 0.636. The molecule has 1 rings (SSSR count). The predicted octanol–water partition coefficient (Wildman–Crippen LogP) is 1.49. The number of hydrogen-bond acceptors (Lipinski definition) is 4. The molecule has 0 aromatic carbocycles. The van der Waals surface area contributed by atoms with Crippen LogP contribution in [0.25, 0.3) is 0 Å². The molecule has 1 aromatic rings. The lowest BCUT2D eigenvalue weighted by atomic mass is 10.4. The van der Waals surface area contributed by atoms with E-state index in [-0.39, 0.29) is 0 Å². The maximum atomic E-state index is 5.14. The van der Waals surface area contributed by atoms with E-state index >= 15 is 0 Å². The summed E-state index contributed by atoms with van der Waals surface area (Å²) in [5, 5.41) is 10.2. The number of methoxy groups -OCH3 is 1. The van der Waals surface area contributed by atoms with Gasteiger partial charge in [-0.1, -0.05) is 0 Å². The van der Waals surface area contributed by atoms with Crippen molar-refractivity contribution in [3.05, 3.63) is 16.1 Å². The normalized spacial score (nSPS) is 10.2. The average molecular weight is 273 g/mol. The van der Waals surface area contributed by atoms with Gasteiger partial charge in [0.25, 0.3) is 0 Å². The molecule has 0 saturated carbocycles. The first-order valence-corrected chi connectivity index (χ1v) is 6.93. The van der Waals surface area contributed by atoms with Crippen LogP contribution in [-0.4, -0.2) is 36.9 Å². The van der Waals surface area contributed by atoms with E-state index in [2.05, 4.69) is 21.0 Å². The number of rotatable bonds is 7. The molecule has 0 saturated heterocycles. The molecule has 0 atom stereocenters. The molecule has 0 fully saturated rings. The average Bonchev–Trinajstić information content (AvgIpc) is 2.71. The highest BCUT2D eigenvalue weighted by molar-refractivity contribution is 7.80. The third-order valence-corrected chi connectivity index (χ3v) is 3.42. The fourth-order valence-corrected chi connectivity index (χ4v) is 2.26. The third-order valence-electron chi connectivity index (χ3n) is 2.10. The monoisotopic (exact) mass is 273 g/mol. The Hall–Kier alpha value is -0.720. The molecule has 6 heteroatoms. The van der Waals surface area contributed by atoms with Gasteiger partial charge in [0.15, 0.2) is 5.11 Å². The van der Waals surface area contributed by atoms with Gasteiger partial charge in [0.1, 0.15) is 0 Å². The Kier molecular flexibility index (Phi) is 7.07. The summed E-state index contributed by atoms with van der Waals surface area (Å²) in [6.45, 7) is 4.43. The predicted molar refractivity (Wildman–Crippen MR) is 75.7 cm³/mol. The molecule has 2 N–H and O–H groups in total. The van der Waals surface area contributed by atoms with E-state index in [1.807, 2.05) is 6.92 Å². The van der Waals surface area contributed by atoms with Gasteiger partial charge in [-0.15, -0.1) is 11.3 Å². The Labute approximate surface area is 112 Å². The zero-order valence-corrected chi connectivity index (χ0v) is 11.9. The van der Waals surface area contributed by atoms with Crippen LogP contribution in [0, 0.1) is 6.92 Å². The van der Waals surface area contributed by atoms with Crippen molar-refractivity contribution >= 4 is 28.7 Å². The first kappa shape index (κ1) is 14.3. The molecule has 0 bridgehead atoms. The van der Waals surface area contributed by atoms with Crippen LogP contribution in [0.4, 0.5) is 0 Å². The molecule has 0 unspecified atom stereocenters. The Bertz CT molecular complexity index is 341. The van der Waals surface area contributed by atoms with Crippen LogP contribution in [0.2, 0.25) is 0 Å². The van der Waals surface area contributed by atoms with E-state index in [0.717, 1.165) is 43.2 Å². The van der Waals surface area contributed by atoms with Crippen molar-refractivity contribution in [3.63, 3.8) is 0 Å². The van der Waals surface area contributed by atoms with Gasteiger partial charge >= 0.3 is 0 Å². The van der Waals surface area contributed by atoms with Gasteiger partial charge in [0, 0.05) is 44.3 Å². The Morgan fingerprint density at radius 2 is 2.24 bits per heavy atom. The Morgan fingerprint density at radius 3 is 2.88 bits per heavy atom. The van der Waals surface area contributed by atoms with Crippen LogP contribution in [0.5, 0.6) is 0 Å². The standard InChI is InChI=1S/C11H19N3OS2/c1-9-8-17-10(14-9)4-6-13-11(16)12-5-3-7-15-2/h8H,3-7H2,1-2H3,(H2,12,13,16). The summed E-state index contributed by atoms with van der Waals surface area (Å²) in [6.07, 6.45) is 1.88. The number of hydrogen-bond donors (Lipinski definition) is 2. The van der Waals surface area contributed by atoms with Gasteiger partial charge in [-0.25, -0.2) is 4.98 Å². The van der Waals surface area contributed by atoms with E-state index < -0.39 is 0 Å². The van der Waals surface area contributed by atoms with Crippen molar-refractivity contribution in [2.45, 2.75) is 19.8 Å². The smallest absolute Gasteiger partial charge is 0.166 e. The van der Waals surface area contributed by atoms with Crippen LogP contribution >= 0.6 is 23.6 Å². The third kappa shape index (κ3) is 6.55. The van der Waals surface area contributed by atoms with Gasteiger partial charge in [0.2, 0.25) is 0 Å². The quantitative estimate of drug-likeness (QED) is 0.582. The van der Waals surface area contributed by atoms with E-state index in [9.17, 15) is 0 Å². The first-order chi connectivity index (χ1) is 8.22. The molecule has 4 nitrogen and oxygen atoms in total. The van der Waals surface area contributed by atoms with Gasteiger partial charge in [0.05, 0.1) is 5.01 Å². The molecule has 1 aromatic heterocycles. The van der Waals surface area contributed by atoms with Gasteiger partial charge < -0.3 is 15.4 Å². The van der Waals surface area contributed by atoms with Crippen LogP contribution in [-0.2, 0) is 11.2 Å². The van der Waals surface area contributed by atoms with Crippen molar-refractivity contribution < 1.29 is 4.74 Å². The first-order valence-electron chi connectivity index (χ1n) is 5.64. The molecule has 0 spiro atoms. The van der Waals surface area contributed by atoms with Crippen molar-refractivity contribution in [3.8, 4) is 0 Å². The maximum Gasteiger partial charge on any atom is 0.166 e. The maximum absolute atomic E-state index is 5.14. The summed E-state index contributed by atoms with van der Waals surface area (Å²) < 4.78 is 4.95. The van der Waals surface area contributed by atoms with Gasteiger partial charge in [-0.2, -0.15) is 0 Å². The molecule has 17 heavy (non-hydrogen) atoms. The van der Waals surface area contributed by atoms with E-state index in [1.165, 1.54) is 0 Å². The van der Waals surface area contributed by atoms with Crippen molar-refractivity contribution in [1.29, 1.82) is 0 Å². The summed E-state index contributed by atoms with van der Waals surface area (Å²) in [5.74, 6) is 0. The summed E-state index contributed by atoms with van der Waals surface area (Å²) in [4.78, 5) is 4.39. The van der Waals surface area contributed by atoms with E-state index in [4.69, 9.17) is 17.0 Å². The van der Waals surface area contributed by atoms with E-state index in [1.54, 1.807) is 18.4 Å². The van der Waals surface area contributed by atoms with Crippen LogP contribution in [0.3, 0.4) is 0 Å². The molecule has 1 heterocycles. The van der Waals surface area contributed by atoms with Gasteiger partial charge in [-0.3, -0.25) is 0 Å². The summed E-state index contributed by atoms with van der Waals surface area (Å²) in [5.41, 5.74) is 1.09. The van der Waals surface area contributed by atoms with Gasteiger partial charge in [-0.05, 0) is 25.6 Å². The lowest BCUT2D eigenvalue weighted by Crippen LogP contribution is -2.37. The van der Waals surface area contributed by atoms with E-state index in [0.29, 0.717) is 5.11 Å². The molecular formula is C11H19N3OS2. The summed E-state index contributed by atoms with van der Waals surface area (Å²) in [6, 6.07) is 0. The minimum atomic E-state index is 0.703. The van der Waals surface area contributed by atoms with Crippen molar-refractivity contribution in [2.75, 3.05) is 26.8 Å². The van der Waals surface area contributed by atoms with Crippen molar-refractivity contribution in [2.24, 2.45) is 0 Å². The number of thiazole rings is 1. The number of aryl methyl sites for hydroxylation is 1. The van der Waals surface area contributed by atoms with Crippen molar-refractivity contribution in [1.82, 2.24) is 15.6 Å². The second kappa shape index (κ2) is 8.38. The number of aromatic nitrogens is 1. The molecular weight excluding hydrogens is 254 g/mol. The zero-order chi connectivity index (χ0) is 12.5. The largest absolute Gasteiger partial charge is 0.385 e. The summed E-state index contributed by atoms with van der Waals surface area (Å²) >= 11 is 6.84. The molecule has 0 radical (unpaired) electrons.